The summed E-state index contributed by atoms with van der Waals surface area (Å²) in [5, 5.41) is 11.9. The number of aromatic amines is 1. The third-order valence-corrected chi connectivity index (χ3v) is 4.84. The molecule has 114 valence electrons. The molecule has 1 aromatic carbocycles. The molecule has 0 spiro atoms. The first-order valence-corrected chi connectivity index (χ1v) is 7.63. The number of carbonyl (C=O) groups excluding carboxylic acids is 1. The number of amides is 1. The summed E-state index contributed by atoms with van der Waals surface area (Å²) in [7, 11) is 0. The number of nitrogens with one attached hydrogen (secondary N) is 2. The van der Waals surface area contributed by atoms with Crippen molar-refractivity contribution >= 4 is 28.6 Å². The number of fused-ring (bicyclic) bond motifs is 1. The number of hydrogen-bond acceptors (Lipinski definition) is 3. The molecule has 0 saturated heterocycles. The summed E-state index contributed by atoms with van der Waals surface area (Å²) < 4.78 is 0. The number of hydrogen-bond donors (Lipinski definition) is 3. The van der Waals surface area contributed by atoms with Crippen molar-refractivity contribution in [1.82, 2.24) is 9.97 Å². The van der Waals surface area contributed by atoms with Crippen LogP contribution in [0.1, 0.15) is 43.8 Å². The number of carbonyl (C=O) groups is 2. The standard InChI is InChI=1S/C16H17N3O3/c20-14(16(6-7-16)15(21)22)17-10-4-5-11-12(8-10)19-13(18-11)9-2-1-3-9/h4-5,8-9H,1-3,6-7H2,(H,17,20)(H,18,19)(H,21,22). The predicted octanol–water partition coefficient (Wildman–Crippen LogP) is 2.63. The summed E-state index contributed by atoms with van der Waals surface area (Å²) in [6.45, 7) is 0. The fraction of sp³-hybridized carbons (Fsp3) is 0.438. The van der Waals surface area contributed by atoms with Crippen LogP contribution in [0.2, 0.25) is 0 Å². The number of rotatable bonds is 4. The van der Waals surface area contributed by atoms with Crippen LogP contribution in [0.4, 0.5) is 5.69 Å². The van der Waals surface area contributed by atoms with E-state index in [1.165, 1.54) is 19.3 Å². The Morgan fingerprint density at radius 3 is 2.68 bits per heavy atom. The number of benzene rings is 1. The third kappa shape index (κ3) is 1.98. The first-order chi connectivity index (χ1) is 10.6. The molecule has 0 bridgehead atoms. The smallest absolute Gasteiger partial charge is 0.319 e. The Morgan fingerprint density at radius 1 is 1.32 bits per heavy atom. The molecule has 22 heavy (non-hydrogen) atoms. The van der Waals surface area contributed by atoms with E-state index in [-0.39, 0.29) is 0 Å². The molecule has 2 fully saturated rings. The van der Waals surface area contributed by atoms with Gasteiger partial charge in [0, 0.05) is 11.6 Å². The molecule has 6 nitrogen and oxygen atoms in total. The summed E-state index contributed by atoms with van der Waals surface area (Å²) in [5.74, 6) is 0.0547. The van der Waals surface area contributed by atoms with E-state index >= 15 is 0 Å². The van der Waals surface area contributed by atoms with E-state index in [1.54, 1.807) is 6.07 Å². The summed E-state index contributed by atoms with van der Waals surface area (Å²) in [6, 6.07) is 5.44. The van der Waals surface area contributed by atoms with Gasteiger partial charge in [0.05, 0.1) is 11.0 Å². The fourth-order valence-corrected chi connectivity index (χ4v) is 2.90. The lowest BCUT2D eigenvalue weighted by Gasteiger charge is -2.22. The molecule has 0 radical (unpaired) electrons. The predicted molar refractivity (Wildman–Crippen MR) is 80.6 cm³/mol. The molecule has 1 aromatic heterocycles. The second kappa shape index (κ2) is 4.56. The molecule has 1 amide bonds. The fourth-order valence-electron chi connectivity index (χ4n) is 2.90. The molecule has 2 aliphatic rings. The van der Waals surface area contributed by atoms with Gasteiger partial charge in [-0.25, -0.2) is 4.98 Å². The number of anilines is 1. The van der Waals surface area contributed by atoms with E-state index in [4.69, 9.17) is 5.11 Å². The summed E-state index contributed by atoms with van der Waals surface area (Å²) in [5.41, 5.74) is 1.13. The van der Waals surface area contributed by atoms with Crippen LogP contribution in [0.15, 0.2) is 18.2 Å². The number of carboxylic acids is 1. The van der Waals surface area contributed by atoms with E-state index in [1.807, 2.05) is 12.1 Å². The number of nitrogens with zero attached hydrogens (tertiary/aromatic N) is 1. The minimum Gasteiger partial charge on any atom is -0.480 e. The average molecular weight is 299 g/mol. The Kier molecular flexibility index (Phi) is 2.76. The zero-order valence-electron chi connectivity index (χ0n) is 12.1. The maximum atomic E-state index is 12.1. The Bertz CT molecular complexity index is 772. The quantitative estimate of drug-likeness (QED) is 0.756. The maximum absolute atomic E-state index is 12.1. The first kappa shape index (κ1) is 13.3. The Balaban J connectivity index is 1.57. The molecule has 4 rings (SSSR count). The lowest BCUT2D eigenvalue weighted by molar-refractivity contribution is -0.147. The topological polar surface area (TPSA) is 95.1 Å². The van der Waals surface area contributed by atoms with E-state index in [0.717, 1.165) is 16.9 Å². The zero-order valence-corrected chi connectivity index (χ0v) is 12.1. The minimum absolute atomic E-state index is 0.409. The van der Waals surface area contributed by atoms with Gasteiger partial charge in [0.25, 0.3) is 0 Å². The molecule has 6 heteroatoms. The second-order valence-corrected chi connectivity index (χ2v) is 6.32. The van der Waals surface area contributed by atoms with E-state index < -0.39 is 17.3 Å². The maximum Gasteiger partial charge on any atom is 0.319 e. The second-order valence-electron chi connectivity index (χ2n) is 6.32. The lowest BCUT2D eigenvalue weighted by Crippen LogP contribution is -2.31. The number of imidazole rings is 1. The number of carboxylic acid groups (broad SMARTS) is 1. The normalized spacial score (nSPS) is 19.6. The Hall–Kier alpha value is -2.37. The third-order valence-electron chi connectivity index (χ3n) is 4.84. The molecular formula is C16H17N3O3. The number of aliphatic carboxylic acids is 1. The van der Waals surface area contributed by atoms with Crippen molar-refractivity contribution in [2.75, 3.05) is 5.32 Å². The van der Waals surface area contributed by atoms with Crippen molar-refractivity contribution in [2.24, 2.45) is 5.41 Å². The van der Waals surface area contributed by atoms with Gasteiger partial charge in [-0.3, -0.25) is 9.59 Å². The van der Waals surface area contributed by atoms with E-state index in [2.05, 4.69) is 15.3 Å². The van der Waals surface area contributed by atoms with Crippen LogP contribution in [0.3, 0.4) is 0 Å². The van der Waals surface area contributed by atoms with Crippen LogP contribution < -0.4 is 5.32 Å². The molecule has 0 atom stereocenters. The van der Waals surface area contributed by atoms with Crippen LogP contribution in [-0.4, -0.2) is 27.0 Å². The van der Waals surface area contributed by atoms with Crippen LogP contribution in [0.5, 0.6) is 0 Å². The van der Waals surface area contributed by atoms with Crippen molar-refractivity contribution in [3.8, 4) is 0 Å². The highest BCUT2D eigenvalue weighted by atomic mass is 16.4. The Morgan fingerprint density at radius 2 is 2.09 bits per heavy atom. The van der Waals surface area contributed by atoms with Gasteiger partial charge in [0.1, 0.15) is 11.2 Å². The minimum atomic E-state index is -1.22. The highest BCUT2D eigenvalue weighted by molar-refractivity contribution is 6.11. The molecule has 2 aliphatic carbocycles. The SMILES string of the molecule is O=C(O)C1(C(=O)Nc2ccc3nc(C4CCC4)[nH]c3c2)CC1. The van der Waals surface area contributed by atoms with Gasteiger partial charge in [-0.1, -0.05) is 6.42 Å². The van der Waals surface area contributed by atoms with Crippen molar-refractivity contribution < 1.29 is 14.7 Å². The van der Waals surface area contributed by atoms with Gasteiger partial charge in [0.15, 0.2) is 0 Å². The van der Waals surface area contributed by atoms with Crippen LogP contribution in [-0.2, 0) is 9.59 Å². The van der Waals surface area contributed by atoms with Crippen molar-refractivity contribution in [3.63, 3.8) is 0 Å². The summed E-state index contributed by atoms with van der Waals surface area (Å²) >= 11 is 0. The van der Waals surface area contributed by atoms with Gasteiger partial charge in [-0.05, 0) is 43.9 Å². The number of aromatic nitrogens is 2. The van der Waals surface area contributed by atoms with Crippen LogP contribution in [0.25, 0.3) is 11.0 Å². The van der Waals surface area contributed by atoms with Crippen molar-refractivity contribution in [1.29, 1.82) is 0 Å². The molecule has 1 heterocycles. The molecule has 3 N–H and O–H groups in total. The van der Waals surface area contributed by atoms with Gasteiger partial charge in [0.2, 0.25) is 5.91 Å². The van der Waals surface area contributed by atoms with Crippen LogP contribution in [0, 0.1) is 5.41 Å². The van der Waals surface area contributed by atoms with Gasteiger partial charge >= 0.3 is 5.97 Å². The molecule has 0 unspecified atom stereocenters. The molecule has 2 saturated carbocycles. The molecular weight excluding hydrogens is 282 g/mol. The van der Waals surface area contributed by atoms with Crippen molar-refractivity contribution in [2.45, 2.75) is 38.0 Å². The first-order valence-electron chi connectivity index (χ1n) is 7.63. The van der Waals surface area contributed by atoms with Gasteiger partial charge in [-0.15, -0.1) is 0 Å². The lowest BCUT2D eigenvalue weighted by atomic mass is 9.85. The van der Waals surface area contributed by atoms with Crippen molar-refractivity contribution in [3.05, 3.63) is 24.0 Å². The van der Waals surface area contributed by atoms with Gasteiger partial charge in [-0.2, -0.15) is 0 Å². The van der Waals surface area contributed by atoms with Gasteiger partial charge < -0.3 is 15.4 Å². The van der Waals surface area contributed by atoms with E-state index in [9.17, 15) is 9.59 Å². The average Bonchev–Trinajstić information content (AvgIpc) is 3.13. The van der Waals surface area contributed by atoms with E-state index in [0.29, 0.717) is 24.4 Å². The highest BCUT2D eigenvalue weighted by Gasteiger charge is 2.57. The highest BCUT2D eigenvalue weighted by Crippen LogP contribution is 2.46. The number of H-pyrrole nitrogens is 1. The zero-order chi connectivity index (χ0) is 15.3. The largest absolute Gasteiger partial charge is 0.480 e. The Labute approximate surface area is 126 Å². The summed E-state index contributed by atoms with van der Waals surface area (Å²) in [6.07, 6.45) is 4.41. The monoisotopic (exact) mass is 299 g/mol. The molecule has 0 aliphatic heterocycles. The summed E-state index contributed by atoms with van der Waals surface area (Å²) in [4.78, 5) is 31.2. The molecule has 2 aromatic rings. The van der Waals surface area contributed by atoms with Crippen LogP contribution >= 0.6 is 0 Å².